The molecule has 0 fully saturated rings. The maximum atomic E-state index is 7.20. The maximum absolute atomic E-state index is 7.20. The van der Waals surface area contributed by atoms with Crippen molar-refractivity contribution in [2.45, 2.75) is 27.7 Å². The van der Waals surface area contributed by atoms with Gasteiger partial charge in [-0.2, -0.15) is 0 Å². The summed E-state index contributed by atoms with van der Waals surface area (Å²) < 4.78 is 6.84. The Balaban J connectivity index is 3.82. The fraction of sp³-hybridized carbons (Fsp3) is 0.833. The Morgan fingerprint density at radius 3 is 2.00 bits per heavy atom. The Bertz CT molecular complexity index is 91.2. The first-order chi connectivity index (χ1) is 3.48. The summed E-state index contributed by atoms with van der Waals surface area (Å²) >= 11 is 0. The third-order valence-corrected chi connectivity index (χ3v) is 0.905. The van der Waals surface area contributed by atoms with Crippen molar-refractivity contribution < 1.29 is 1.37 Å². The fourth-order valence-electron chi connectivity index (χ4n) is 0. The van der Waals surface area contributed by atoms with Crippen LogP contribution in [-0.2, 0) is 0 Å². The van der Waals surface area contributed by atoms with Crippen molar-refractivity contribution in [3.8, 4) is 0 Å². The van der Waals surface area contributed by atoms with E-state index in [4.69, 9.17) is 6.78 Å². The van der Waals surface area contributed by atoms with E-state index >= 15 is 0 Å². The Morgan fingerprint density at radius 1 is 1.57 bits per heavy atom. The van der Waals surface area contributed by atoms with Crippen LogP contribution >= 0.6 is 0 Å². The van der Waals surface area contributed by atoms with Gasteiger partial charge in [0.15, 0.2) is 0 Å². The first-order valence-electron chi connectivity index (χ1n) is 3.06. The molecular weight excluding hydrogens is 86.1 g/mol. The Morgan fingerprint density at radius 2 is 2.00 bits per heavy atom. The van der Waals surface area contributed by atoms with Crippen LogP contribution in [0.25, 0.3) is 0 Å². The summed E-state index contributed by atoms with van der Waals surface area (Å²) in [6.45, 7) is 5.97. The first-order valence-corrected chi connectivity index (χ1v) is 2.35. The van der Waals surface area contributed by atoms with Crippen LogP contribution in [0.15, 0.2) is 0 Å². The second kappa shape index (κ2) is 1.65. The molecule has 1 nitrogen and oxygen atoms in total. The van der Waals surface area contributed by atoms with E-state index in [0.29, 0.717) is 5.71 Å². The molecule has 0 rings (SSSR count). The molecule has 0 amide bonds. The lowest BCUT2D eigenvalue weighted by Gasteiger charge is -2.14. The molecular formula is C6H13N. The van der Waals surface area contributed by atoms with Gasteiger partial charge < -0.3 is 5.41 Å². The van der Waals surface area contributed by atoms with Crippen LogP contribution in [0, 0.1) is 10.8 Å². The second-order valence-corrected chi connectivity index (χ2v) is 2.73. The molecule has 0 aromatic carbocycles. The number of hydrogen-bond acceptors (Lipinski definition) is 1. The van der Waals surface area contributed by atoms with Gasteiger partial charge in [-0.05, 0) is 12.3 Å². The summed E-state index contributed by atoms with van der Waals surface area (Å²) in [6.07, 6.45) is 0. The molecule has 1 N–H and O–H groups in total. The highest BCUT2D eigenvalue weighted by Crippen LogP contribution is 2.13. The molecule has 0 bridgehead atoms. The molecule has 0 aliphatic carbocycles. The smallest absolute Gasteiger partial charge is 0.0292 e. The number of hydrogen-bond donors (Lipinski definition) is 1. The summed E-state index contributed by atoms with van der Waals surface area (Å²) in [7, 11) is 0. The lowest BCUT2D eigenvalue weighted by Crippen LogP contribution is -2.14. The summed E-state index contributed by atoms with van der Waals surface area (Å²) in [4.78, 5) is 0. The third-order valence-electron chi connectivity index (χ3n) is 0.905. The van der Waals surface area contributed by atoms with Crippen molar-refractivity contribution >= 4 is 5.71 Å². The lowest BCUT2D eigenvalue weighted by molar-refractivity contribution is 0.584. The van der Waals surface area contributed by atoms with Gasteiger partial charge in [0.25, 0.3) is 0 Å². The van der Waals surface area contributed by atoms with Crippen molar-refractivity contribution in [2.75, 3.05) is 0 Å². The van der Waals surface area contributed by atoms with Gasteiger partial charge in [-0.3, -0.25) is 0 Å². The zero-order chi connectivity index (χ0) is 6.78. The topological polar surface area (TPSA) is 23.9 Å². The molecule has 0 aliphatic rings. The van der Waals surface area contributed by atoms with E-state index in [0.717, 1.165) is 0 Å². The molecule has 0 aromatic rings. The summed E-state index contributed by atoms with van der Waals surface area (Å²) in [5.41, 5.74) is 0.402. The average molecular weight is 100 g/mol. The van der Waals surface area contributed by atoms with E-state index in [1.54, 1.807) is 0 Å². The van der Waals surface area contributed by atoms with Crippen LogP contribution in [-0.4, -0.2) is 5.71 Å². The van der Waals surface area contributed by atoms with Crippen molar-refractivity contribution in [2.24, 2.45) is 5.41 Å². The van der Waals surface area contributed by atoms with Gasteiger partial charge in [0.2, 0.25) is 0 Å². The summed E-state index contributed by atoms with van der Waals surface area (Å²) in [5, 5.41) is 7.20. The molecule has 0 saturated heterocycles. The minimum absolute atomic E-state index is 0.0955. The predicted octanol–water partition coefficient (Wildman–Crippen LogP) is 2.07. The van der Waals surface area contributed by atoms with Crippen molar-refractivity contribution in [3.63, 3.8) is 0 Å². The van der Waals surface area contributed by atoms with E-state index in [1.807, 2.05) is 20.8 Å². The SMILES string of the molecule is [2H]CC(=N)C(C)(C)C. The van der Waals surface area contributed by atoms with Crippen LogP contribution in [0.3, 0.4) is 0 Å². The zero-order valence-electron chi connectivity index (χ0n) is 6.21. The van der Waals surface area contributed by atoms with Gasteiger partial charge in [-0.25, -0.2) is 0 Å². The molecule has 0 radical (unpaired) electrons. The van der Waals surface area contributed by atoms with Gasteiger partial charge in [-0.1, -0.05) is 20.8 Å². The minimum Gasteiger partial charge on any atom is -0.309 e. The number of nitrogens with one attached hydrogen (secondary N) is 1. The molecule has 0 saturated carbocycles. The van der Waals surface area contributed by atoms with Crippen molar-refractivity contribution in [1.29, 1.82) is 5.41 Å². The molecule has 0 aliphatic heterocycles. The van der Waals surface area contributed by atoms with Crippen LogP contribution in [0.5, 0.6) is 0 Å². The molecule has 42 valence electrons. The highest BCUT2D eigenvalue weighted by Gasteiger charge is 2.10. The Kier molecular flexibility index (Phi) is 1.13. The zero-order valence-corrected chi connectivity index (χ0v) is 5.21. The van der Waals surface area contributed by atoms with E-state index < -0.39 is 0 Å². The fourth-order valence-corrected chi connectivity index (χ4v) is 0. The largest absolute Gasteiger partial charge is 0.309 e. The first kappa shape index (κ1) is 4.82. The summed E-state index contributed by atoms with van der Waals surface area (Å²) in [6, 6.07) is 0. The van der Waals surface area contributed by atoms with Crippen molar-refractivity contribution in [3.05, 3.63) is 0 Å². The molecule has 1 heteroatoms. The summed E-state index contributed by atoms with van der Waals surface area (Å²) in [5.74, 6) is 0. The van der Waals surface area contributed by atoms with Crippen LogP contribution in [0.2, 0.25) is 0 Å². The third kappa shape index (κ3) is 2.38. The maximum Gasteiger partial charge on any atom is 0.0292 e. The van der Waals surface area contributed by atoms with Gasteiger partial charge in [0.05, 0.1) is 0 Å². The van der Waals surface area contributed by atoms with Crippen LogP contribution in [0.1, 0.15) is 29.0 Å². The van der Waals surface area contributed by atoms with E-state index in [2.05, 4.69) is 0 Å². The highest BCUT2D eigenvalue weighted by molar-refractivity contribution is 5.83. The van der Waals surface area contributed by atoms with Crippen molar-refractivity contribution in [1.82, 2.24) is 0 Å². The molecule has 0 unspecified atom stereocenters. The molecule has 7 heavy (non-hydrogen) atoms. The van der Waals surface area contributed by atoms with Crippen LogP contribution < -0.4 is 0 Å². The minimum atomic E-state index is -0.0955. The average Bonchev–Trinajstić information content (AvgIpc) is 1.62. The van der Waals surface area contributed by atoms with Gasteiger partial charge in [0, 0.05) is 7.08 Å². The molecule has 0 aromatic heterocycles. The molecule has 0 spiro atoms. The lowest BCUT2D eigenvalue weighted by atomic mass is 9.91. The predicted molar refractivity (Wildman–Crippen MR) is 32.9 cm³/mol. The van der Waals surface area contributed by atoms with Gasteiger partial charge in [0.1, 0.15) is 0 Å². The number of rotatable bonds is 0. The van der Waals surface area contributed by atoms with Gasteiger partial charge >= 0.3 is 0 Å². The Hall–Kier alpha value is -0.330. The molecule has 0 heterocycles. The highest BCUT2D eigenvalue weighted by atomic mass is 14.4. The molecule has 0 atom stereocenters. The monoisotopic (exact) mass is 100 g/mol. The second-order valence-electron chi connectivity index (χ2n) is 2.73. The van der Waals surface area contributed by atoms with E-state index in [9.17, 15) is 0 Å². The quantitative estimate of drug-likeness (QED) is 0.450. The van der Waals surface area contributed by atoms with E-state index in [-0.39, 0.29) is 12.3 Å². The standard InChI is InChI=1S/C6H13N/c1-5(7)6(2,3)4/h7H,1-4H3/i1D. The van der Waals surface area contributed by atoms with Crippen LogP contribution in [0.4, 0.5) is 0 Å². The van der Waals surface area contributed by atoms with E-state index in [1.165, 1.54) is 0 Å². The normalized spacial score (nSPS) is 13.3. The Labute approximate surface area is 46.7 Å². The van der Waals surface area contributed by atoms with Gasteiger partial charge in [-0.15, -0.1) is 0 Å².